The third kappa shape index (κ3) is 8.52. The Morgan fingerprint density at radius 2 is 1.44 bits per heavy atom. The third-order valence-electron chi connectivity index (χ3n) is 5.40. The molecule has 0 aliphatic carbocycles. The van der Waals surface area contributed by atoms with E-state index in [1.165, 1.54) is 22.3 Å². The third-order valence-corrected chi connectivity index (χ3v) is 5.40. The summed E-state index contributed by atoms with van der Waals surface area (Å²) in [7, 11) is 0. The molecule has 2 aromatic heterocycles. The van der Waals surface area contributed by atoms with Crippen LogP contribution in [0.2, 0.25) is 0 Å². The number of pyridine rings is 2. The van der Waals surface area contributed by atoms with Crippen molar-refractivity contribution in [2.45, 2.75) is 115 Å². The van der Waals surface area contributed by atoms with E-state index >= 15 is 0 Å². The summed E-state index contributed by atoms with van der Waals surface area (Å²) >= 11 is 0. The molecule has 1 atom stereocenters. The molecule has 2 heteroatoms. The summed E-state index contributed by atoms with van der Waals surface area (Å²) < 4.78 is 0. The van der Waals surface area contributed by atoms with Crippen LogP contribution in [0.5, 0.6) is 0 Å². The van der Waals surface area contributed by atoms with Crippen LogP contribution in [0.1, 0.15) is 124 Å². The molecule has 0 N–H and O–H groups in total. The molecule has 0 amide bonds. The summed E-state index contributed by atoms with van der Waals surface area (Å²) in [6, 6.07) is 6.68. The van der Waals surface area contributed by atoms with E-state index in [0.29, 0.717) is 11.8 Å². The molecule has 0 aliphatic rings. The number of aryl methyl sites for hydroxylation is 3. The lowest BCUT2D eigenvalue weighted by molar-refractivity contribution is 0.717. The van der Waals surface area contributed by atoms with Crippen molar-refractivity contribution in [2.75, 3.05) is 0 Å². The van der Waals surface area contributed by atoms with Crippen molar-refractivity contribution in [1.82, 2.24) is 9.97 Å². The van der Waals surface area contributed by atoms with Crippen LogP contribution in [0.3, 0.4) is 0 Å². The molecule has 2 rings (SSSR count). The Hall–Kier alpha value is -1.96. The van der Waals surface area contributed by atoms with Gasteiger partial charge >= 0.3 is 0 Å². The van der Waals surface area contributed by atoms with Crippen molar-refractivity contribution in [2.24, 2.45) is 5.92 Å². The molecule has 2 nitrogen and oxygen atoms in total. The second-order valence-electron chi connectivity index (χ2n) is 7.56. The van der Waals surface area contributed by atoms with Gasteiger partial charge in [-0.3, -0.25) is 9.97 Å². The molecule has 0 saturated heterocycles. The predicted molar refractivity (Wildman–Crippen MR) is 148 cm³/mol. The van der Waals surface area contributed by atoms with Crippen LogP contribution in [0.25, 0.3) is 16.8 Å². The summed E-state index contributed by atoms with van der Waals surface area (Å²) in [6.07, 6.45) is 2.97. The van der Waals surface area contributed by atoms with Crippen LogP contribution < -0.4 is 0 Å². The molecule has 0 fully saturated rings. The van der Waals surface area contributed by atoms with Crippen LogP contribution in [0, 0.1) is 12.8 Å². The number of nitrogens with zero attached hydrogens (tertiary/aromatic N) is 2. The van der Waals surface area contributed by atoms with Crippen LogP contribution in [-0.4, -0.2) is 9.97 Å². The van der Waals surface area contributed by atoms with Crippen LogP contribution in [0.15, 0.2) is 24.8 Å². The topological polar surface area (TPSA) is 25.8 Å². The van der Waals surface area contributed by atoms with E-state index in [9.17, 15) is 0 Å². The molecule has 1 unspecified atom stereocenters. The van der Waals surface area contributed by atoms with E-state index in [1.54, 1.807) is 0 Å². The maximum absolute atomic E-state index is 5.03. The zero-order valence-corrected chi connectivity index (χ0v) is 23.6. The van der Waals surface area contributed by atoms with Crippen molar-refractivity contribution in [3.63, 3.8) is 0 Å². The standard InChI is InChI=1S/C24H34N2.3C2H6/c1-9-16(6)17(7)21-14-19(10-2)24(25-18(21)8)20-12-13-23(15(4)5)26-22(20)11-3;3*1-2/h12-16H,7,9-11H2,1-6,8H3;3*1-2H3. The van der Waals surface area contributed by atoms with Gasteiger partial charge in [0.1, 0.15) is 0 Å². The van der Waals surface area contributed by atoms with Crippen LogP contribution >= 0.6 is 0 Å². The second-order valence-corrected chi connectivity index (χ2v) is 7.56. The van der Waals surface area contributed by atoms with Crippen molar-refractivity contribution >= 4 is 5.57 Å². The molecule has 0 spiro atoms. The van der Waals surface area contributed by atoms with E-state index in [0.717, 1.165) is 42.0 Å². The van der Waals surface area contributed by atoms with Crippen LogP contribution in [0.4, 0.5) is 0 Å². The smallest absolute Gasteiger partial charge is 0.0755 e. The van der Waals surface area contributed by atoms with Gasteiger partial charge in [0.25, 0.3) is 0 Å². The lowest BCUT2D eigenvalue weighted by Crippen LogP contribution is -2.06. The first-order valence-corrected chi connectivity index (χ1v) is 13.0. The maximum atomic E-state index is 5.03. The van der Waals surface area contributed by atoms with Gasteiger partial charge in [0, 0.05) is 22.6 Å². The van der Waals surface area contributed by atoms with Gasteiger partial charge < -0.3 is 0 Å². The van der Waals surface area contributed by atoms with Gasteiger partial charge in [0.2, 0.25) is 0 Å². The maximum Gasteiger partial charge on any atom is 0.0755 e. The van der Waals surface area contributed by atoms with Crippen molar-refractivity contribution in [3.8, 4) is 11.3 Å². The highest BCUT2D eigenvalue weighted by molar-refractivity contribution is 5.73. The quantitative estimate of drug-likeness (QED) is 0.428. The van der Waals surface area contributed by atoms with Crippen molar-refractivity contribution in [1.29, 1.82) is 0 Å². The Labute approximate surface area is 201 Å². The number of allylic oxidation sites excluding steroid dienone is 1. The summed E-state index contributed by atoms with van der Waals surface area (Å²) in [5.74, 6) is 0.917. The molecule has 0 bridgehead atoms. The van der Waals surface area contributed by atoms with Crippen molar-refractivity contribution < 1.29 is 0 Å². The van der Waals surface area contributed by atoms with Crippen LogP contribution in [-0.2, 0) is 12.8 Å². The van der Waals surface area contributed by atoms with E-state index < -0.39 is 0 Å². The molecule has 32 heavy (non-hydrogen) atoms. The minimum atomic E-state index is 0.441. The highest BCUT2D eigenvalue weighted by Crippen LogP contribution is 2.32. The van der Waals surface area contributed by atoms with Gasteiger partial charge in [-0.25, -0.2) is 0 Å². The van der Waals surface area contributed by atoms with Gasteiger partial charge in [-0.05, 0) is 72.9 Å². The van der Waals surface area contributed by atoms with Gasteiger partial charge in [0.05, 0.1) is 5.69 Å². The Balaban J connectivity index is 0. The zero-order valence-electron chi connectivity index (χ0n) is 23.6. The number of hydrogen-bond donors (Lipinski definition) is 0. The predicted octanol–water partition coefficient (Wildman–Crippen LogP) is 9.84. The molecular formula is C30H52N2. The van der Waals surface area contributed by atoms with Crippen molar-refractivity contribution in [3.05, 3.63) is 53.0 Å². The first-order valence-electron chi connectivity index (χ1n) is 13.0. The monoisotopic (exact) mass is 440 g/mol. The SMILES string of the molecule is C=C(c1cc(CC)c(-c2ccc(C(C)C)nc2CC)nc1C)C(C)CC.CC.CC.CC. The Morgan fingerprint density at radius 1 is 0.875 bits per heavy atom. The second kappa shape index (κ2) is 17.6. The molecular weight excluding hydrogens is 388 g/mol. The van der Waals surface area contributed by atoms with Gasteiger partial charge in [-0.1, -0.05) is 89.7 Å². The Bertz CT molecular complexity index is 788. The minimum Gasteiger partial charge on any atom is -0.257 e. The lowest BCUT2D eigenvalue weighted by atomic mass is 9.90. The van der Waals surface area contributed by atoms with Gasteiger partial charge in [-0.2, -0.15) is 0 Å². The fourth-order valence-electron chi connectivity index (χ4n) is 3.31. The first-order chi connectivity index (χ1) is 15.3. The summed E-state index contributed by atoms with van der Waals surface area (Å²) in [6.45, 7) is 31.7. The summed E-state index contributed by atoms with van der Waals surface area (Å²) in [4.78, 5) is 9.95. The largest absolute Gasteiger partial charge is 0.257 e. The van der Waals surface area contributed by atoms with Gasteiger partial charge in [-0.15, -0.1) is 0 Å². The van der Waals surface area contributed by atoms with E-state index in [4.69, 9.17) is 9.97 Å². The number of aromatic nitrogens is 2. The highest BCUT2D eigenvalue weighted by atomic mass is 14.8. The average molecular weight is 441 g/mol. The lowest BCUT2D eigenvalue weighted by Gasteiger charge is -2.19. The fraction of sp³-hybridized carbons (Fsp3) is 0.600. The molecule has 2 aromatic rings. The zero-order chi connectivity index (χ0) is 25.4. The average Bonchev–Trinajstić information content (AvgIpc) is 2.86. The normalized spacial score (nSPS) is 10.7. The molecule has 0 aromatic carbocycles. The molecule has 0 saturated carbocycles. The highest BCUT2D eigenvalue weighted by Gasteiger charge is 2.17. The fourth-order valence-corrected chi connectivity index (χ4v) is 3.31. The Kier molecular flexibility index (Phi) is 17.7. The summed E-state index contributed by atoms with van der Waals surface area (Å²) in [5.41, 5.74) is 9.32. The summed E-state index contributed by atoms with van der Waals surface area (Å²) in [5, 5.41) is 0. The molecule has 2 heterocycles. The minimum absolute atomic E-state index is 0.441. The van der Waals surface area contributed by atoms with Gasteiger partial charge in [0.15, 0.2) is 0 Å². The number of rotatable bonds is 7. The first kappa shape index (κ1) is 32.2. The molecule has 0 radical (unpaired) electrons. The van der Waals surface area contributed by atoms with E-state index in [-0.39, 0.29) is 0 Å². The van der Waals surface area contributed by atoms with E-state index in [1.807, 2.05) is 41.5 Å². The Morgan fingerprint density at radius 3 is 1.88 bits per heavy atom. The number of hydrogen-bond acceptors (Lipinski definition) is 2. The molecule has 182 valence electrons. The van der Waals surface area contributed by atoms with E-state index in [2.05, 4.69) is 73.2 Å². The molecule has 0 aliphatic heterocycles.